The molecule has 3 aliphatic rings. The lowest BCUT2D eigenvalue weighted by atomic mass is 9.96. The van der Waals surface area contributed by atoms with Crippen LogP contribution in [-0.2, 0) is 4.79 Å². The Kier molecular flexibility index (Phi) is 7.58. The van der Waals surface area contributed by atoms with Gasteiger partial charge in [-0.1, -0.05) is 24.6 Å². The van der Waals surface area contributed by atoms with E-state index in [-0.39, 0.29) is 11.8 Å². The van der Waals surface area contributed by atoms with Crippen LogP contribution in [0.3, 0.4) is 0 Å². The first-order valence-electron chi connectivity index (χ1n) is 13.0. The predicted molar refractivity (Wildman–Crippen MR) is 142 cm³/mol. The van der Waals surface area contributed by atoms with Crippen molar-refractivity contribution < 1.29 is 4.79 Å². The van der Waals surface area contributed by atoms with Crippen LogP contribution in [0, 0.1) is 5.92 Å². The number of carbonyl (C=O) groups is 1. The van der Waals surface area contributed by atoms with Crippen LogP contribution in [0.15, 0.2) is 36.4 Å². The Balaban J connectivity index is 1.15. The van der Waals surface area contributed by atoms with Gasteiger partial charge in [0.1, 0.15) is 0 Å². The number of piperazine rings is 2. The molecule has 0 N–H and O–H groups in total. The average molecular weight is 498 g/mol. The van der Waals surface area contributed by atoms with Crippen LogP contribution in [0.2, 0.25) is 5.02 Å². The number of likely N-dealkylation sites (N-methyl/N-ethyl adjacent to an activating group) is 1. The molecule has 5 rings (SSSR count). The lowest BCUT2D eigenvalue weighted by molar-refractivity contribution is -0.136. The molecule has 8 nitrogen and oxygen atoms in total. The first-order valence-corrected chi connectivity index (χ1v) is 13.3. The van der Waals surface area contributed by atoms with Gasteiger partial charge in [-0.05, 0) is 49.7 Å². The summed E-state index contributed by atoms with van der Waals surface area (Å²) in [5.41, 5.74) is 1.13. The molecule has 1 aromatic heterocycles. The van der Waals surface area contributed by atoms with Crippen molar-refractivity contribution in [3.05, 3.63) is 41.4 Å². The van der Waals surface area contributed by atoms with Crippen molar-refractivity contribution in [1.82, 2.24) is 20.0 Å². The van der Waals surface area contributed by atoms with Crippen molar-refractivity contribution in [2.24, 2.45) is 5.92 Å². The molecule has 0 bridgehead atoms. The minimum atomic E-state index is 0.0186. The highest BCUT2D eigenvalue weighted by atomic mass is 35.5. The number of carbonyl (C=O) groups excluding carboxylic acids is 1. The number of hydrogen-bond donors (Lipinski definition) is 0. The Morgan fingerprint density at radius 1 is 0.886 bits per heavy atom. The Labute approximate surface area is 213 Å². The summed E-state index contributed by atoms with van der Waals surface area (Å²) in [6.45, 7) is 12.3. The van der Waals surface area contributed by atoms with Gasteiger partial charge in [0.05, 0.1) is 5.92 Å². The van der Waals surface area contributed by atoms with Gasteiger partial charge in [0.2, 0.25) is 5.91 Å². The highest BCUT2D eigenvalue weighted by molar-refractivity contribution is 6.30. The van der Waals surface area contributed by atoms with Crippen LogP contribution in [0.4, 0.5) is 17.3 Å². The second kappa shape index (κ2) is 11.0. The lowest BCUT2D eigenvalue weighted by Crippen LogP contribution is -2.52. The van der Waals surface area contributed by atoms with E-state index in [0.717, 1.165) is 107 Å². The van der Waals surface area contributed by atoms with E-state index in [4.69, 9.17) is 11.6 Å². The van der Waals surface area contributed by atoms with Gasteiger partial charge < -0.3 is 24.5 Å². The molecular formula is C26H36ClN7O. The van der Waals surface area contributed by atoms with E-state index in [0.29, 0.717) is 0 Å². The molecule has 3 aliphatic heterocycles. The molecule has 4 heterocycles. The zero-order valence-corrected chi connectivity index (χ0v) is 21.4. The maximum absolute atomic E-state index is 13.4. The molecule has 9 heteroatoms. The number of halogens is 1. The van der Waals surface area contributed by atoms with E-state index in [2.05, 4.69) is 54.9 Å². The number of amides is 1. The van der Waals surface area contributed by atoms with Crippen LogP contribution in [0.5, 0.6) is 0 Å². The molecule has 3 saturated heterocycles. The maximum atomic E-state index is 13.4. The van der Waals surface area contributed by atoms with Crippen molar-refractivity contribution in [1.29, 1.82) is 0 Å². The number of benzene rings is 1. The summed E-state index contributed by atoms with van der Waals surface area (Å²) in [5, 5.41) is 9.84. The average Bonchev–Trinajstić information content (AvgIpc) is 2.93. The van der Waals surface area contributed by atoms with Gasteiger partial charge in [0, 0.05) is 76.2 Å². The Hall–Kier alpha value is -2.58. The molecule has 1 aromatic carbocycles. The van der Waals surface area contributed by atoms with Gasteiger partial charge in [-0.2, -0.15) is 0 Å². The summed E-state index contributed by atoms with van der Waals surface area (Å²) in [7, 11) is 0. The van der Waals surface area contributed by atoms with E-state index in [9.17, 15) is 4.79 Å². The van der Waals surface area contributed by atoms with Crippen LogP contribution in [-0.4, -0.2) is 97.9 Å². The number of rotatable bonds is 5. The van der Waals surface area contributed by atoms with Gasteiger partial charge in [0.15, 0.2) is 11.6 Å². The van der Waals surface area contributed by atoms with Crippen molar-refractivity contribution in [2.75, 3.05) is 86.7 Å². The molecule has 2 aromatic rings. The molecule has 0 unspecified atom stereocenters. The molecular weight excluding hydrogens is 462 g/mol. The topological polar surface area (TPSA) is 59.1 Å². The van der Waals surface area contributed by atoms with Crippen LogP contribution >= 0.6 is 11.6 Å². The monoisotopic (exact) mass is 497 g/mol. The summed E-state index contributed by atoms with van der Waals surface area (Å²) in [6.07, 6.45) is 1.94. The second-order valence-corrected chi connectivity index (χ2v) is 10.2. The molecule has 0 saturated carbocycles. The van der Waals surface area contributed by atoms with Crippen molar-refractivity contribution in [3.8, 4) is 0 Å². The molecule has 1 amide bonds. The fourth-order valence-electron chi connectivity index (χ4n) is 5.45. The first kappa shape index (κ1) is 24.1. The van der Waals surface area contributed by atoms with E-state index in [1.54, 1.807) is 0 Å². The van der Waals surface area contributed by atoms with E-state index in [1.807, 2.05) is 23.1 Å². The largest absolute Gasteiger partial charge is 0.368 e. The fourth-order valence-corrected chi connectivity index (χ4v) is 5.64. The normalized spacial score (nSPS) is 21.9. The Morgan fingerprint density at radius 3 is 2.23 bits per heavy atom. The Bertz CT molecular complexity index is 987. The smallest absolute Gasteiger partial charge is 0.227 e. The van der Waals surface area contributed by atoms with E-state index in [1.165, 1.54) is 0 Å². The third kappa shape index (κ3) is 5.64. The summed E-state index contributed by atoms with van der Waals surface area (Å²) >= 11 is 6.16. The number of piperidine rings is 1. The van der Waals surface area contributed by atoms with Crippen molar-refractivity contribution in [2.45, 2.75) is 19.8 Å². The van der Waals surface area contributed by atoms with Crippen molar-refractivity contribution in [3.63, 3.8) is 0 Å². The fraction of sp³-hybridized carbons (Fsp3) is 0.577. The molecule has 0 aliphatic carbocycles. The molecule has 1 atom stereocenters. The van der Waals surface area contributed by atoms with Gasteiger partial charge in [-0.15, -0.1) is 10.2 Å². The Morgan fingerprint density at radius 2 is 1.57 bits per heavy atom. The quantitative estimate of drug-likeness (QED) is 0.629. The molecule has 3 fully saturated rings. The molecule has 188 valence electrons. The number of nitrogens with zero attached hydrogens (tertiary/aromatic N) is 7. The summed E-state index contributed by atoms with van der Waals surface area (Å²) < 4.78 is 0. The molecule has 0 spiro atoms. The number of aromatic nitrogens is 2. The van der Waals surface area contributed by atoms with Gasteiger partial charge in [-0.3, -0.25) is 4.79 Å². The van der Waals surface area contributed by atoms with Gasteiger partial charge in [0.25, 0.3) is 0 Å². The zero-order valence-electron chi connectivity index (χ0n) is 20.7. The van der Waals surface area contributed by atoms with Crippen LogP contribution in [0.1, 0.15) is 19.8 Å². The second-order valence-electron chi connectivity index (χ2n) is 9.75. The standard InChI is InChI=1S/C26H36ClN7O/c1-2-30-11-13-32(14-12-30)24-8-9-25(29-28-24)34-10-4-5-21(20-34)26(35)33-17-15-31(16-18-33)23-7-3-6-22(27)19-23/h3,6-9,19,21H,2,4-5,10-18,20H2,1H3/t21-/m1/s1. The number of hydrogen-bond acceptors (Lipinski definition) is 7. The first-order chi connectivity index (χ1) is 17.1. The third-order valence-electron chi connectivity index (χ3n) is 7.64. The summed E-state index contributed by atoms with van der Waals surface area (Å²) in [4.78, 5) is 24.7. The highest BCUT2D eigenvalue weighted by Crippen LogP contribution is 2.26. The van der Waals surface area contributed by atoms with Crippen LogP contribution < -0.4 is 14.7 Å². The summed E-state index contributed by atoms with van der Waals surface area (Å²) in [5.74, 6) is 2.12. The molecule has 35 heavy (non-hydrogen) atoms. The van der Waals surface area contributed by atoms with Gasteiger partial charge in [-0.25, -0.2) is 0 Å². The van der Waals surface area contributed by atoms with Gasteiger partial charge >= 0.3 is 0 Å². The van der Waals surface area contributed by atoms with Crippen molar-refractivity contribution >= 4 is 34.8 Å². The lowest BCUT2D eigenvalue weighted by Gasteiger charge is -2.40. The zero-order chi connectivity index (χ0) is 24.2. The third-order valence-corrected chi connectivity index (χ3v) is 7.87. The summed E-state index contributed by atoms with van der Waals surface area (Å²) in [6, 6.07) is 12.1. The minimum Gasteiger partial charge on any atom is -0.368 e. The van der Waals surface area contributed by atoms with E-state index >= 15 is 0 Å². The minimum absolute atomic E-state index is 0.0186. The van der Waals surface area contributed by atoms with Crippen LogP contribution in [0.25, 0.3) is 0 Å². The maximum Gasteiger partial charge on any atom is 0.227 e. The molecule has 0 radical (unpaired) electrons. The highest BCUT2D eigenvalue weighted by Gasteiger charge is 2.32. The predicted octanol–water partition coefficient (Wildman–Crippen LogP) is 2.84. The van der Waals surface area contributed by atoms with E-state index < -0.39 is 0 Å². The SMILES string of the molecule is CCN1CCN(c2ccc(N3CCC[C@@H](C(=O)N4CCN(c5cccc(Cl)c5)CC4)C3)nn2)CC1. The number of anilines is 3.